The number of fused-ring (bicyclic) bond motifs is 1. The van der Waals surface area contributed by atoms with E-state index in [0.29, 0.717) is 27.8 Å². The summed E-state index contributed by atoms with van der Waals surface area (Å²) in [6.07, 6.45) is 0.738. The molecular formula is C21H23ClN4O3S. The van der Waals surface area contributed by atoms with Crippen molar-refractivity contribution in [2.24, 2.45) is 0 Å². The van der Waals surface area contributed by atoms with Gasteiger partial charge in [-0.05, 0) is 64.7 Å². The lowest BCUT2D eigenvalue weighted by atomic mass is 10.1. The van der Waals surface area contributed by atoms with Crippen molar-refractivity contribution in [3.8, 4) is 0 Å². The Bertz CT molecular complexity index is 1110. The van der Waals surface area contributed by atoms with E-state index in [1.165, 1.54) is 17.4 Å². The second-order valence-corrected chi connectivity index (χ2v) is 8.75. The van der Waals surface area contributed by atoms with Gasteiger partial charge in [-0.3, -0.25) is 19.8 Å². The molecule has 30 heavy (non-hydrogen) atoms. The molecule has 0 aliphatic heterocycles. The van der Waals surface area contributed by atoms with Crippen LogP contribution in [0.3, 0.4) is 0 Å². The summed E-state index contributed by atoms with van der Waals surface area (Å²) < 4.78 is 0.938. The van der Waals surface area contributed by atoms with Crippen LogP contribution in [0.5, 0.6) is 0 Å². The standard InChI is InChI=1S/C21H23ClN4O3S/c1-13-15(7-5-8-17(13)26(28)29)20(27)25(12-6-11-24(3)4)21-23-19-14(2)16(22)9-10-18(19)30-21/h5,7-10H,6,11-12H2,1-4H3. The maximum Gasteiger partial charge on any atom is 0.273 e. The number of thiazole rings is 1. The molecule has 2 aromatic carbocycles. The van der Waals surface area contributed by atoms with Gasteiger partial charge in [0, 0.05) is 28.8 Å². The molecule has 3 aromatic rings. The Morgan fingerprint density at radius 3 is 2.57 bits per heavy atom. The average molecular weight is 447 g/mol. The number of amides is 1. The Labute approximate surface area is 184 Å². The number of carbonyl (C=O) groups is 1. The van der Waals surface area contributed by atoms with E-state index in [1.807, 2.05) is 38.1 Å². The summed E-state index contributed by atoms with van der Waals surface area (Å²) in [7, 11) is 3.94. The first-order valence-corrected chi connectivity index (χ1v) is 10.7. The highest BCUT2D eigenvalue weighted by Crippen LogP contribution is 2.34. The molecule has 1 aromatic heterocycles. The topological polar surface area (TPSA) is 79.6 Å². The van der Waals surface area contributed by atoms with Crippen molar-refractivity contribution >= 4 is 49.9 Å². The van der Waals surface area contributed by atoms with Gasteiger partial charge >= 0.3 is 0 Å². The van der Waals surface area contributed by atoms with Gasteiger partial charge in [-0.25, -0.2) is 4.98 Å². The summed E-state index contributed by atoms with van der Waals surface area (Å²) in [5.74, 6) is -0.294. The second kappa shape index (κ2) is 9.07. The molecule has 1 heterocycles. The number of hydrogen-bond acceptors (Lipinski definition) is 6. The van der Waals surface area contributed by atoms with Crippen LogP contribution in [-0.2, 0) is 0 Å². The monoisotopic (exact) mass is 446 g/mol. The number of carbonyl (C=O) groups excluding carboxylic acids is 1. The predicted molar refractivity (Wildman–Crippen MR) is 122 cm³/mol. The van der Waals surface area contributed by atoms with E-state index < -0.39 is 4.92 Å². The van der Waals surface area contributed by atoms with Crippen LogP contribution in [0.25, 0.3) is 10.2 Å². The van der Waals surface area contributed by atoms with E-state index in [-0.39, 0.29) is 11.6 Å². The Kier molecular flexibility index (Phi) is 6.70. The first kappa shape index (κ1) is 22.1. The van der Waals surface area contributed by atoms with E-state index in [0.717, 1.165) is 28.7 Å². The number of aromatic nitrogens is 1. The maximum absolute atomic E-state index is 13.5. The number of aryl methyl sites for hydroxylation is 1. The number of benzene rings is 2. The van der Waals surface area contributed by atoms with Crippen molar-refractivity contribution in [1.29, 1.82) is 0 Å². The molecule has 0 aliphatic rings. The van der Waals surface area contributed by atoms with E-state index in [9.17, 15) is 14.9 Å². The Hall–Kier alpha value is -2.55. The van der Waals surface area contributed by atoms with Crippen LogP contribution < -0.4 is 4.90 Å². The Morgan fingerprint density at radius 1 is 1.17 bits per heavy atom. The van der Waals surface area contributed by atoms with Crippen LogP contribution in [-0.4, -0.2) is 47.9 Å². The zero-order valence-electron chi connectivity index (χ0n) is 17.3. The number of halogens is 1. The molecule has 0 saturated heterocycles. The number of anilines is 1. The highest BCUT2D eigenvalue weighted by atomic mass is 35.5. The molecule has 3 rings (SSSR count). The smallest absolute Gasteiger partial charge is 0.273 e. The van der Waals surface area contributed by atoms with Crippen LogP contribution in [0, 0.1) is 24.0 Å². The molecular weight excluding hydrogens is 424 g/mol. The average Bonchev–Trinajstić information content (AvgIpc) is 3.12. The third-order valence-corrected chi connectivity index (χ3v) is 6.39. The van der Waals surface area contributed by atoms with Gasteiger partial charge in [0.15, 0.2) is 5.13 Å². The number of rotatable bonds is 7. The summed E-state index contributed by atoms with van der Waals surface area (Å²) >= 11 is 7.65. The largest absolute Gasteiger partial charge is 0.309 e. The quantitative estimate of drug-likeness (QED) is 0.373. The minimum atomic E-state index is -0.467. The van der Waals surface area contributed by atoms with Crippen molar-refractivity contribution in [1.82, 2.24) is 9.88 Å². The molecule has 0 bridgehead atoms. The molecule has 0 fully saturated rings. The molecule has 1 amide bonds. The fraction of sp³-hybridized carbons (Fsp3) is 0.333. The zero-order valence-corrected chi connectivity index (χ0v) is 18.9. The fourth-order valence-electron chi connectivity index (χ4n) is 3.23. The van der Waals surface area contributed by atoms with E-state index >= 15 is 0 Å². The summed E-state index contributed by atoms with van der Waals surface area (Å²) in [5, 5.41) is 12.5. The summed E-state index contributed by atoms with van der Waals surface area (Å²) in [6, 6.07) is 8.29. The summed E-state index contributed by atoms with van der Waals surface area (Å²) in [5.41, 5.74) is 2.22. The van der Waals surface area contributed by atoms with Crippen molar-refractivity contribution in [3.63, 3.8) is 0 Å². The van der Waals surface area contributed by atoms with E-state index in [4.69, 9.17) is 16.6 Å². The van der Waals surface area contributed by atoms with Gasteiger partial charge in [0.2, 0.25) is 0 Å². The Morgan fingerprint density at radius 2 is 1.90 bits per heavy atom. The molecule has 7 nitrogen and oxygen atoms in total. The number of hydrogen-bond donors (Lipinski definition) is 0. The lowest BCUT2D eigenvalue weighted by molar-refractivity contribution is -0.385. The number of nitro benzene ring substituents is 1. The maximum atomic E-state index is 13.5. The van der Waals surface area contributed by atoms with Crippen LogP contribution in [0.2, 0.25) is 5.02 Å². The molecule has 0 radical (unpaired) electrons. The van der Waals surface area contributed by atoms with Crippen LogP contribution >= 0.6 is 22.9 Å². The second-order valence-electron chi connectivity index (χ2n) is 7.34. The van der Waals surface area contributed by atoms with E-state index in [1.54, 1.807) is 24.0 Å². The fourth-order valence-corrected chi connectivity index (χ4v) is 4.43. The predicted octanol–water partition coefficient (Wildman–Crippen LogP) is 5.07. The van der Waals surface area contributed by atoms with Crippen LogP contribution in [0.15, 0.2) is 30.3 Å². The first-order chi connectivity index (χ1) is 14.2. The molecule has 0 saturated carbocycles. The lowest BCUT2D eigenvalue weighted by Crippen LogP contribution is -2.34. The Balaban J connectivity index is 2.05. The normalized spacial score (nSPS) is 11.3. The number of nitro groups is 1. The van der Waals surface area contributed by atoms with Gasteiger partial charge in [-0.1, -0.05) is 29.0 Å². The summed E-state index contributed by atoms with van der Waals surface area (Å²) in [4.78, 5) is 32.7. The minimum Gasteiger partial charge on any atom is -0.309 e. The molecule has 0 atom stereocenters. The van der Waals surface area contributed by atoms with Crippen molar-refractivity contribution in [3.05, 3.63) is 62.2 Å². The van der Waals surface area contributed by atoms with E-state index in [2.05, 4.69) is 0 Å². The third-order valence-electron chi connectivity index (χ3n) is 4.93. The van der Waals surface area contributed by atoms with Gasteiger partial charge in [0.1, 0.15) is 0 Å². The molecule has 9 heteroatoms. The molecule has 0 unspecified atom stereocenters. The summed E-state index contributed by atoms with van der Waals surface area (Å²) in [6.45, 7) is 4.75. The minimum absolute atomic E-state index is 0.0685. The zero-order chi connectivity index (χ0) is 22.0. The van der Waals surface area contributed by atoms with Gasteiger partial charge in [-0.2, -0.15) is 0 Å². The third kappa shape index (κ3) is 4.45. The number of nitrogens with zero attached hydrogens (tertiary/aromatic N) is 4. The van der Waals surface area contributed by atoms with Crippen molar-refractivity contribution < 1.29 is 9.72 Å². The highest BCUT2D eigenvalue weighted by Gasteiger charge is 2.26. The first-order valence-electron chi connectivity index (χ1n) is 9.47. The van der Waals surface area contributed by atoms with Gasteiger partial charge < -0.3 is 4.90 Å². The van der Waals surface area contributed by atoms with Crippen molar-refractivity contribution in [2.45, 2.75) is 20.3 Å². The van der Waals surface area contributed by atoms with Gasteiger partial charge in [0.25, 0.3) is 11.6 Å². The SMILES string of the molecule is Cc1c(C(=O)N(CCCN(C)C)c2nc3c(C)c(Cl)ccc3s2)cccc1[N+](=O)[O-]. The van der Waals surface area contributed by atoms with Gasteiger partial charge in [0.05, 0.1) is 15.1 Å². The molecule has 0 N–H and O–H groups in total. The van der Waals surface area contributed by atoms with Crippen LogP contribution in [0.4, 0.5) is 10.8 Å². The van der Waals surface area contributed by atoms with Gasteiger partial charge in [-0.15, -0.1) is 0 Å². The molecule has 0 aliphatic carbocycles. The molecule has 158 valence electrons. The lowest BCUT2D eigenvalue weighted by Gasteiger charge is -2.21. The van der Waals surface area contributed by atoms with Crippen molar-refractivity contribution in [2.75, 3.05) is 32.1 Å². The highest BCUT2D eigenvalue weighted by molar-refractivity contribution is 7.22. The van der Waals surface area contributed by atoms with Crippen LogP contribution in [0.1, 0.15) is 27.9 Å². The molecule has 0 spiro atoms.